The van der Waals surface area contributed by atoms with Gasteiger partial charge in [-0.3, -0.25) is 9.59 Å². The molecule has 1 heterocycles. The van der Waals surface area contributed by atoms with Crippen LogP contribution < -0.4 is 10.2 Å². The van der Waals surface area contributed by atoms with Crippen molar-refractivity contribution >= 4 is 33.4 Å². The molecule has 5 heteroatoms. The maximum Gasteiger partial charge on any atom is 0.251 e. The van der Waals surface area contributed by atoms with Crippen molar-refractivity contribution in [1.29, 1.82) is 0 Å². The van der Waals surface area contributed by atoms with Crippen LogP contribution in [0.1, 0.15) is 35.2 Å². The molecule has 1 fully saturated rings. The second-order valence-electron chi connectivity index (χ2n) is 6.78. The number of para-hydroxylation sites is 1. The fourth-order valence-corrected chi connectivity index (χ4v) is 4.55. The van der Waals surface area contributed by atoms with Crippen molar-refractivity contribution in [3.8, 4) is 0 Å². The quantitative estimate of drug-likeness (QED) is 0.838. The van der Waals surface area contributed by atoms with E-state index in [1.54, 1.807) is 17.0 Å². The molecule has 1 N–H and O–H groups in total. The summed E-state index contributed by atoms with van der Waals surface area (Å²) in [5.74, 6) is -0.0362. The average molecular weight is 399 g/mol. The predicted octanol–water partition coefficient (Wildman–Crippen LogP) is 3.65. The van der Waals surface area contributed by atoms with Crippen molar-refractivity contribution < 1.29 is 9.59 Å². The fraction of sp³-hybridized carbons (Fsp3) is 0.300. The van der Waals surface area contributed by atoms with Gasteiger partial charge >= 0.3 is 0 Å². The molecule has 25 heavy (non-hydrogen) atoms. The number of hydrogen-bond donors (Lipinski definition) is 1. The molecule has 1 spiro atoms. The highest BCUT2D eigenvalue weighted by atomic mass is 79.9. The number of likely N-dealkylation sites (N-methyl/N-ethyl adjacent to an activating group) is 1. The first kappa shape index (κ1) is 16.3. The first-order chi connectivity index (χ1) is 12.0. The van der Waals surface area contributed by atoms with Crippen LogP contribution in [0.3, 0.4) is 0 Å². The largest absolute Gasteiger partial charge is 0.348 e. The molecule has 128 valence electrons. The van der Waals surface area contributed by atoms with Crippen molar-refractivity contribution in [1.82, 2.24) is 5.32 Å². The number of halogens is 1. The summed E-state index contributed by atoms with van der Waals surface area (Å²) in [6.45, 7) is 0. The Morgan fingerprint density at radius 2 is 1.92 bits per heavy atom. The molecule has 0 unspecified atom stereocenters. The molecule has 4 nitrogen and oxygen atoms in total. The molecule has 0 saturated heterocycles. The van der Waals surface area contributed by atoms with Gasteiger partial charge in [-0.2, -0.15) is 0 Å². The SMILES string of the molecule is CN1C(=O)[C@@]2(CCC[C@@H]2NC(=O)c2ccc(Br)cc2)c2ccccc21. The minimum atomic E-state index is -0.629. The third-order valence-electron chi connectivity index (χ3n) is 5.50. The molecule has 2 aromatic carbocycles. The molecular formula is C20H19BrN2O2. The predicted molar refractivity (Wildman–Crippen MR) is 101 cm³/mol. The zero-order chi connectivity index (χ0) is 17.6. The zero-order valence-electron chi connectivity index (χ0n) is 14.0. The van der Waals surface area contributed by atoms with E-state index >= 15 is 0 Å². The lowest BCUT2D eigenvalue weighted by molar-refractivity contribution is -0.123. The molecule has 2 amide bonds. The number of fused-ring (bicyclic) bond motifs is 2. The summed E-state index contributed by atoms with van der Waals surface area (Å²) in [7, 11) is 1.82. The van der Waals surface area contributed by atoms with E-state index in [4.69, 9.17) is 0 Å². The summed E-state index contributed by atoms with van der Waals surface area (Å²) in [6.07, 6.45) is 2.52. The Morgan fingerprint density at radius 1 is 1.20 bits per heavy atom. The summed E-state index contributed by atoms with van der Waals surface area (Å²) >= 11 is 3.38. The molecule has 1 aliphatic carbocycles. The van der Waals surface area contributed by atoms with Crippen molar-refractivity contribution in [3.63, 3.8) is 0 Å². The number of benzene rings is 2. The van der Waals surface area contributed by atoms with Crippen molar-refractivity contribution in [2.45, 2.75) is 30.7 Å². The van der Waals surface area contributed by atoms with E-state index in [0.717, 1.165) is 35.0 Å². The molecule has 2 atom stereocenters. The van der Waals surface area contributed by atoms with E-state index in [0.29, 0.717) is 5.56 Å². The topological polar surface area (TPSA) is 49.4 Å². The Bertz CT molecular complexity index is 849. The van der Waals surface area contributed by atoms with Gasteiger partial charge in [0.25, 0.3) is 5.91 Å². The molecule has 0 radical (unpaired) electrons. The lowest BCUT2D eigenvalue weighted by Crippen LogP contribution is -2.52. The standard InChI is InChI=1S/C20H19BrN2O2/c1-23-16-6-3-2-5-15(16)20(19(23)25)12-4-7-17(20)22-18(24)13-8-10-14(21)11-9-13/h2-3,5-6,8-11,17H,4,7,12H2,1H3,(H,22,24)/t17-,20-/m0/s1. The van der Waals surface area contributed by atoms with Gasteiger partial charge in [0, 0.05) is 28.8 Å². The number of nitrogens with zero attached hydrogens (tertiary/aromatic N) is 1. The average Bonchev–Trinajstić information content (AvgIpc) is 3.13. The molecular weight excluding hydrogens is 380 g/mol. The minimum Gasteiger partial charge on any atom is -0.348 e. The highest BCUT2D eigenvalue weighted by Crippen LogP contribution is 2.50. The van der Waals surface area contributed by atoms with Crippen LogP contribution in [0.25, 0.3) is 0 Å². The van der Waals surface area contributed by atoms with Gasteiger partial charge in [-0.1, -0.05) is 34.1 Å². The van der Waals surface area contributed by atoms with E-state index in [1.165, 1.54) is 0 Å². The Hall–Kier alpha value is -2.14. The van der Waals surface area contributed by atoms with Gasteiger partial charge in [0.15, 0.2) is 0 Å². The van der Waals surface area contributed by atoms with Gasteiger partial charge in [-0.25, -0.2) is 0 Å². The van der Waals surface area contributed by atoms with Gasteiger partial charge in [-0.05, 0) is 55.2 Å². The van der Waals surface area contributed by atoms with E-state index in [9.17, 15) is 9.59 Å². The third kappa shape index (κ3) is 2.41. The Morgan fingerprint density at radius 3 is 2.68 bits per heavy atom. The summed E-state index contributed by atoms with van der Waals surface area (Å²) in [5.41, 5.74) is 1.98. The van der Waals surface area contributed by atoms with E-state index < -0.39 is 5.41 Å². The number of nitrogens with one attached hydrogen (secondary N) is 1. The third-order valence-corrected chi connectivity index (χ3v) is 6.03. The number of rotatable bonds is 2. The number of amides is 2. The van der Waals surface area contributed by atoms with E-state index in [-0.39, 0.29) is 17.9 Å². The molecule has 0 aromatic heterocycles. The lowest BCUT2D eigenvalue weighted by Gasteiger charge is -2.31. The van der Waals surface area contributed by atoms with Crippen LogP contribution >= 0.6 is 15.9 Å². The minimum absolute atomic E-state index is 0.0901. The molecule has 0 bridgehead atoms. The fourth-order valence-electron chi connectivity index (χ4n) is 4.29. The Kier molecular flexibility index (Phi) is 3.91. The van der Waals surface area contributed by atoms with Crippen LogP contribution in [0, 0.1) is 0 Å². The van der Waals surface area contributed by atoms with Crippen LogP contribution in [0.15, 0.2) is 53.0 Å². The number of carbonyl (C=O) groups excluding carboxylic acids is 2. The molecule has 1 aliphatic heterocycles. The smallest absolute Gasteiger partial charge is 0.251 e. The van der Waals surface area contributed by atoms with Crippen molar-refractivity contribution in [2.24, 2.45) is 0 Å². The summed E-state index contributed by atoms with van der Waals surface area (Å²) in [6, 6.07) is 15.0. The molecule has 2 aromatic rings. The van der Waals surface area contributed by atoms with Crippen LogP contribution in [0.5, 0.6) is 0 Å². The first-order valence-corrected chi connectivity index (χ1v) is 9.27. The maximum atomic E-state index is 13.1. The van der Waals surface area contributed by atoms with Gasteiger partial charge in [0.2, 0.25) is 5.91 Å². The van der Waals surface area contributed by atoms with Crippen LogP contribution in [-0.4, -0.2) is 24.9 Å². The second-order valence-corrected chi connectivity index (χ2v) is 7.69. The number of carbonyl (C=O) groups is 2. The monoisotopic (exact) mass is 398 g/mol. The molecule has 1 saturated carbocycles. The highest BCUT2D eigenvalue weighted by Gasteiger charge is 2.57. The normalized spacial score (nSPS) is 24.6. The molecule has 4 rings (SSSR count). The zero-order valence-corrected chi connectivity index (χ0v) is 15.5. The van der Waals surface area contributed by atoms with Gasteiger partial charge in [-0.15, -0.1) is 0 Å². The van der Waals surface area contributed by atoms with Gasteiger partial charge in [0.05, 0.1) is 5.41 Å². The Balaban J connectivity index is 1.68. The summed E-state index contributed by atoms with van der Waals surface area (Å²) in [4.78, 5) is 27.6. The van der Waals surface area contributed by atoms with Gasteiger partial charge < -0.3 is 10.2 Å². The lowest BCUT2D eigenvalue weighted by atomic mass is 9.76. The molecule has 2 aliphatic rings. The van der Waals surface area contributed by atoms with Gasteiger partial charge in [0.1, 0.15) is 0 Å². The van der Waals surface area contributed by atoms with Crippen LogP contribution in [-0.2, 0) is 10.2 Å². The van der Waals surface area contributed by atoms with Crippen LogP contribution in [0.2, 0.25) is 0 Å². The Labute approximate surface area is 155 Å². The summed E-state index contributed by atoms with van der Waals surface area (Å²) in [5, 5.41) is 3.14. The van der Waals surface area contributed by atoms with Crippen LogP contribution in [0.4, 0.5) is 5.69 Å². The summed E-state index contributed by atoms with van der Waals surface area (Å²) < 4.78 is 0.933. The van der Waals surface area contributed by atoms with Crippen molar-refractivity contribution in [3.05, 3.63) is 64.1 Å². The maximum absolute atomic E-state index is 13.1. The first-order valence-electron chi connectivity index (χ1n) is 8.48. The highest BCUT2D eigenvalue weighted by molar-refractivity contribution is 9.10. The number of anilines is 1. The van der Waals surface area contributed by atoms with Crippen molar-refractivity contribution in [2.75, 3.05) is 11.9 Å². The second kappa shape index (κ2) is 5.99. The number of hydrogen-bond acceptors (Lipinski definition) is 2. The van der Waals surface area contributed by atoms with E-state index in [1.807, 2.05) is 43.4 Å². The van der Waals surface area contributed by atoms with E-state index in [2.05, 4.69) is 21.2 Å².